The van der Waals surface area contributed by atoms with E-state index in [-0.39, 0.29) is 17.7 Å². The van der Waals surface area contributed by atoms with E-state index in [1.807, 2.05) is 0 Å². The van der Waals surface area contributed by atoms with Gasteiger partial charge in [0.15, 0.2) is 5.90 Å². The second kappa shape index (κ2) is 2.73. The van der Waals surface area contributed by atoms with Crippen LogP contribution in [0.5, 0.6) is 0 Å². The highest BCUT2D eigenvalue weighted by atomic mass is 16.5. The van der Waals surface area contributed by atoms with E-state index >= 15 is 0 Å². The first-order valence-corrected chi connectivity index (χ1v) is 4.01. The summed E-state index contributed by atoms with van der Waals surface area (Å²) in [7, 11) is 0. The molecule has 0 bridgehead atoms. The Kier molecular flexibility index (Phi) is 1.69. The zero-order chi connectivity index (χ0) is 9.42. The normalized spacial score (nSPS) is 30.2. The van der Waals surface area contributed by atoms with Crippen molar-refractivity contribution in [1.82, 2.24) is 0 Å². The number of rotatable bonds is 1. The van der Waals surface area contributed by atoms with E-state index in [1.54, 1.807) is 25.2 Å². The van der Waals surface area contributed by atoms with Crippen molar-refractivity contribution < 1.29 is 14.6 Å². The number of hydrogen-bond acceptors (Lipinski definition) is 3. The summed E-state index contributed by atoms with van der Waals surface area (Å²) < 4.78 is 5.32. The minimum Gasteiger partial charge on any atom is -0.478 e. The van der Waals surface area contributed by atoms with E-state index in [4.69, 9.17) is 9.84 Å². The molecule has 0 amide bonds. The molecular weight excluding hydrogens is 170 g/mol. The average molecular weight is 179 g/mol. The lowest BCUT2D eigenvalue weighted by Crippen LogP contribution is -2.22. The lowest BCUT2D eigenvalue weighted by molar-refractivity contribution is -0.132. The minimum absolute atomic E-state index is 0.108. The van der Waals surface area contributed by atoms with E-state index in [0.717, 1.165) is 0 Å². The number of carboxylic acid groups (broad SMARTS) is 1. The number of ether oxygens (including phenoxy) is 1. The van der Waals surface area contributed by atoms with Gasteiger partial charge in [-0.3, -0.25) is 0 Å². The lowest BCUT2D eigenvalue weighted by Gasteiger charge is -2.14. The van der Waals surface area contributed by atoms with Gasteiger partial charge in [0.2, 0.25) is 0 Å². The molecule has 1 aliphatic carbocycles. The number of carboxylic acids is 1. The molecule has 0 aromatic rings. The van der Waals surface area contributed by atoms with Gasteiger partial charge in [-0.15, -0.1) is 0 Å². The zero-order valence-electron chi connectivity index (χ0n) is 7.10. The first-order valence-electron chi connectivity index (χ1n) is 4.01. The molecule has 0 aromatic carbocycles. The Labute approximate surface area is 75.2 Å². The summed E-state index contributed by atoms with van der Waals surface area (Å²) in [5, 5.41) is 8.72. The number of fused-ring (bicyclic) bond motifs is 1. The second-order valence-corrected chi connectivity index (χ2v) is 3.01. The van der Waals surface area contributed by atoms with Gasteiger partial charge in [0.25, 0.3) is 0 Å². The van der Waals surface area contributed by atoms with Crippen molar-refractivity contribution in [3.8, 4) is 0 Å². The fraction of sp³-hybridized carbons (Fsp3) is 0.333. The Balaban J connectivity index is 2.26. The molecule has 4 nitrogen and oxygen atoms in total. The average Bonchev–Trinajstić information content (AvgIpc) is 2.42. The highest BCUT2D eigenvalue weighted by molar-refractivity contribution is 5.90. The van der Waals surface area contributed by atoms with Gasteiger partial charge >= 0.3 is 5.97 Å². The summed E-state index contributed by atoms with van der Waals surface area (Å²) in [5.74, 6) is -0.308. The summed E-state index contributed by atoms with van der Waals surface area (Å²) >= 11 is 0. The summed E-state index contributed by atoms with van der Waals surface area (Å²) in [5.41, 5.74) is 0.281. The summed E-state index contributed by atoms with van der Waals surface area (Å²) in [6.07, 6.45) is 4.79. The van der Waals surface area contributed by atoms with Gasteiger partial charge in [-0.05, 0) is 18.2 Å². The quantitative estimate of drug-likeness (QED) is 0.646. The molecule has 2 unspecified atom stereocenters. The Morgan fingerprint density at radius 1 is 1.69 bits per heavy atom. The largest absolute Gasteiger partial charge is 0.478 e. The second-order valence-electron chi connectivity index (χ2n) is 3.01. The predicted molar refractivity (Wildman–Crippen MR) is 46.6 cm³/mol. The molecule has 0 saturated heterocycles. The van der Waals surface area contributed by atoms with Crippen LogP contribution in [0.4, 0.5) is 0 Å². The van der Waals surface area contributed by atoms with Gasteiger partial charge in [0, 0.05) is 6.92 Å². The Hall–Kier alpha value is -1.58. The summed E-state index contributed by atoms with van der Waals surface area (Å²) in [6, 6.07) is -0.156. The molecule has 0 aromatic heterocycles. The van der Waals surface area contributed by atoms with Crippen molar-refractivity contribution in [3.05, 3.63) is 23.8 Å². The molecule has 2 rings (SSSR count). The van der Waals surface area contributed by atoms with Gasteiger partial charge in [-0.25, -0.2) is 9.79 Å². The highest BCUT2D eigenvalue weighted by Crippen LogP contribution is 2.22. The van der Waals surface area contributed by atoms with Gasteiger partial charge in [0.1, 0.15) is 12.1 Å². The van der Waals surface area contributed by atoms with Crippen LogP contribution in [0.2, 0.25) is 0 Å². The molecule has 68 valence electrons. The Bertz CT molecular complexity index is 341. The molecule has 0 radical (unpaired) electrons. The van der Waals surface area contributed by atoms with Gasteiger partial charge in [0.05, 0.1) is 5.57 Å². The van der Waals surface area contributed by atoms with Crippen molar-refractivity contribution >= 4 is 11.9 Å². The Morgan fingerprint density at radius 2 is 2.46 bits per heavy atom. The third-order valence-corrected chi connectivity index (χ3v) is 2.04. The molecule has 0 saturated carbocycles. The van der Waals surface area contributed by atoms with Gasteiger partial charge < -0.3 is 9.84 Å². The molecule has 0 fully saturated rings. The molecular formula is C9H9NO3. The van der Waals surface area contributed by atoms with Crippen LogP contribution in [0.25, 0.3) is 0 Å². The minimum atomic E-state index is -0.922. The SMILES string of the molecule is CC1=NC2C=C(C(=O)O)C=CC2O1. The molecule has 1 N–H and O–H groups in total. The van der Waals surface area contributed by atoms with Gasteiger partial charge in [-0.2, -0.15) is 0 Å². The van der Waals surface area contributed by atoms with Gasteiger partial charge in [-0.1, -0.05) is 0 Å². The number of nitrogens with zero attached hydrogens (tertiary/aromatic N) is 1. The highest BCUT2D eigenvalue weighted by Gasteiger charge is 2.28. The fourth-order valence-electron chi connectivity index (χ4n) is 1.45. The van der Waals surface area contributed by atoms with Crippen molar-refractivity contribution in [3.63, 3.8) is 0 Å². The number of carbonyl (C=O) groups is 1. The number of hydrogen-bond donors (Lipinski definition) is 1. The maximum atomic E-state index is 10.6. The van der Waals surface area contributed by atoms with E-state index in [2.05, 4.69) is 4.99 Å². The van der Waals surface area contributed by atoms with E-state index < -0.39 is 5.97 Å². The smallest absolute Gasteiger partial charge is 0.335 e. The summed E-state index contributed by atoms with van der Waals surface area (Å²) in [4.78, 5) is 14.8. The van der Waals surface area contributed by atoms with Crippen molar-refractivity contribution in [1.29, 1.82) is 0 Å². The number of aliphatic carboxylic acids is 1. The molecule has 2 aliphatic rings. The van der Waals surface area contributed by atoms with Crippen molar-refractivity contribution in [2.24, 2.45) is 4.99 Å². The maximum Gasteiger partial charge on any atom is 0.335 e. The fourth-order valence-corrected chi connectivity index (χ4v) is 1.45. The molecule has 0 spiro atoms. The monoisotopic (exact) mass is 179 g/mol. The van der Waals surface area contributed by atoms with Crippen LogP contribution in [-0.2, 0) is 9.53 Å². The maximum absolute atomic E-state index is 10.6. The molecule has 1 heterocycles. The first-order chi connectivity index (χ1) is 6.16. The van der Waals surface area contributed by atoms with Crippen molar-refractivity contribution in [2.45, 2.75) is 19.1 Å². The van der Waals surface area contributed by atoms with Crippen LogP contribution >= 0.6 is 0 Å². The van der Waals surface area contributed by atoms with E-state index in [0.29, 0.717) is 5.90 Å². The van der Waals surface area contributed by atoms with Crippen LogP contribution < -0.4 is 0 Å². The molecule has 4 heteroatoms. The van der Waals surface area contributed by atoms with E-state index in [9.17, 15) is 4.79 Å². The standard InChI is InChI=1S/C9H9NO3/c1-5-10-7-4-6(9(11)12)2-3-8(7)13-5/h2-4,7-8H,1H3,(H,11,12). The Morgan fingerprint density at radius 3 is 3.15 bits per heavy atom. The van der Waals surface area contributed by atoms with Crippen LogP contribution in [0.3, 0.4) is 0 Å². The van der Waals surface area contributed by atoms with Crippen LogP contribution in [0.1, 0.15) is 6.92 Å². The van der Waals surface area contributed by atoms with Crippen LogP contribution in [0.15, 0.2) is 28.8 Å². The third-order valence-electron chi connectivity index (χ3n) is 2.04. The molecule has 1 aliphatic heterocycles. The summed E-state index contributed by atoms with van der Waals surface area (Å²) in [6.45, 7) is 1.76. The predicted octanol–water partition coefficient (Wildman–Crippen LogP) is 0.753. The molecule has 13 heavy (non-hydrogen) atoms. The third kappa shape index (κ3) is 1.35. The van der Waals surface area contributed by atoms with E-state index in [1.165, 1.54) is 0 Å². The first kappa shape index (κ1) is 8.04. The zero-order valence-corrected chi connectivity index (χ0v) is 7.10. The van der Waals surface area contributed by atoms with Crippen LogP contribution in [-0.4, -0.2) is 29.1 Å². The van der Waals surface area contributed by atoms with Crippen molar-refractivity contribution in [2.75, 3.05) is 0 Å². The lowest BCUT2D eigenvalue weighted by atomic mass is 10.0. The topological polar surface area (TPSA) is 58.9 Å². The number of aliphatic imine (C=N–C) groups is 1. The molecule has 2 atom stereocenters. The van der Waals surface area contributed by atoms with Crippen LogP contribution in [0, 0.1) is 0 Å².